The Labute approximate surface area is 143 Å². The minimum atomic E-state index is 0.0383. The molecule has 3 rings (SSSR count). The van der Waals surface area contributed by atoms with Gasteiger partial charge in [0, 0.05) is 51.6 Å². The van der Waals surface area contributed by atoms with Crippen LogP contribution < -0.4 is 5.32 Å². The number of carbonyl (C=O) groups is 1. The summed E-state index contributed by atoms with van der Waals surface area (Å²) in [5, 5.41) is 12.5. The third-order valence-electron chi connectivity index (χ3n) is 5.09. The van der Waals surface area contributed by atoms with E-state index in [2.05, 4.69) is 21.3 Å². The summed E-state index contributed by atoms with van der Waals surface area (Å²) in [5.74, 6) is 0.240. The van der Waals surface area contributed by atoms with Crippen molar-refractivity contribution in [3.63, 3.8) is 0 Å². The highest BCUT2D eigenvalue weighted by atomic mass is 16.3. The molecule has 6 heteroatoms. The Hall–Kier alpha value is -1.66. The summed E-state index contributed by atoms with van der Waals surface area (Å²) in [4.78, 5) is 21.1. The molecule has 0 bridgehead atoms. The fourth-order valence-electron chi connectivity index (χ4n) is 3.62. The van der Waals surface area contributed by atoms with Crippen molar-refractivity contribution < 1.29 is 9.90 Å². The zero-order valence-electron chi connectivity index (χ0n) is 14.2. The van der Waals surface area contributed by atoms with E-state index in [1.54, 1.807) is 0 Å². The zero-order valence-corrected chi connectivity index (χ0v) is 14.2. The second-order valence-electron chi connectivity index (χ2n) is 6.96. The van der Waals surface area contributed by atoms with Crippen LogP contribution in [0.1, 0.15) is 31.4 Å². The lowest BCUT2D eigenvalue weighted by Crippen LogP contribution is -2.51. The number of hydrogen-bond donors (Lipinski definition) is 2. The second-order valence-corrected chi connectivity index (χ2v) is 6.96. The molecule has 0 spiro atoms. The number of nitrogens with zero attached hydrogens (tertiary/aromatic N) is 3. The number of aromatic nitrogens is 1. The van der Waals surface area contributed by atoms with Gasteiger partial charge in [0.25, 0.3) is 0 Å². The fraction of sp³-hybridized carbons (Fsp3) is 0.667. The molecule has 1 aromatic rings. The molecule has 0 saturated carbocycles. The summed E-state index contributed by atoms with van der Waals surface area (Å²) in [6, 6.07) is 6.31. The molecule has 1 atom stereocenters. The van der Waals surface area contributed by atoms with Gasteiger partial charge in [0.05, 0.1) is 5.69 Å². The Bertz CT molecular complexity index is 517. The first-order valence-corrected chi connectivity index (χ1v) is 9.03. The topological polar surface area (TPSA) is 68.7 Å². The SMILES string of the molecule is O=C(NC1CCN(Cc2ccccn2)CC1)N1CCCC(CO)C1. The maximum atomic E-state index is 12.4. The van der Waals surface area contributed by atoms with Crippen LogP contribution in [0.2, 0.25) is 0 Å². The van der Waals surface area contributed by atoms with Crippen LogP contribution in [0.25, 0.3) is 0 Å². The molecule has 1 aromatic heterocycles. The van der Waals surface area contributed by atoms with Gasteiger partial charge in [0.1, 0.15) is 0 Å². The van der Waals surface area contributed by atoms with Gasteiger partial charge < -0.3 is 15.3 Å². The van der Waals surface area contributed by atoms with E-state index in [1.165, 1.54) is 0 Å². The molecule has 2 fully saturated rings. The molecular weight excluding hydrogens is 304 g/mol. The average molecular weight is 332 g/mol. The Morgan fingerprint density at radius 2 is 2.08 bits per heavy atom. The van der Waals surface area contributed by atoms with Crippen LogP contribution in [0.5, 0.6) is 0 Å². The minimum absolute atomic E-state index is 0.0383. The Morgan fingerprint density at radius 3 is 2.79 bits per heavy atom. The van der Waals surface area contributed by atoms with Crippen molar-refractivity contribution in [2.75, 3.05) is 32.8 Å². The Morgan fingerprint density at radius 1 is 1.25 bits per heavy atom. The van der Waals surface area contributed by atoms with Crippen molar-refractivity contribution in [1.29, 1.82) is 0 Å². The molecule has 2 aliphatic rings. The van der Waals surface area contributed by atoms with Crippen LogP contribution in [0.4, 0.5) is 4.79 Å². The number of amides is 2. The summed E-state index contributed by atoms with van der Waals surface area (Å²) in [7, 11) is 0. The van der Waals surface area contributed by atoms with Gasteiger partial charge in [-0.2, -0.15) is 0 Å². The van der Waals surface area contributed by atoms with E-state index < -0.39 is 0 Å². The van der Waals surface area contributed by atoms with Gasteiger partial charge in [-0.1, -0.05) is 6.07 Å². The first-order chi connectivity index (χ1) is 11.7. The fourth-order valence-corrected chi connectivity index (χ4v) is 3.62. The summed E-state index contributed by atoms with van der Waals surface area (Å²) >= 11 is 0. The molecular formula is C18H28N4O2. The number of urea groups is 1. The zero-order chi connectivity index (χ0) is 16.8. The number of piperidine rings is 2. The molecule has 0 aromatic carbocycles. The molecule has 2 saturated heterocycles. The quantitative estimate of drug-likeness (QED) is 0.876. The lowest BCUT2D eigenvalue weighted by atomic mass is 9.99. The standard InChI is InChI=1S/C18H28N4O2/c23-14-15-4-3-9-22(12-15)18(24)20-16-6-10-21(11-7-16)13-17-5-1-2-8-19-17/h1-2,5,8,15-16,23H,3-4,6-7,9-14H2,(H,20,24). The smallest absolute Gasteiger partial charge is 0.317 e. The molecule has 2 N–H and O–H groups in total. The van der Waals surface area contributed by atoms with E-state index >= 15 is 0 Å². The molecule has 1 unspecified atom stereocenters. The minimum Gasteiger partial charge on any atom is -0.396 e. The number of rotatable bonds is 4. The van der Waals surface area contributed by atoms with Crippen molar-refractivity contribution in [3.8, 4) is 0 Å². The van der Waals surface area contributed by atoms with E-state index in [4.69, 9.17) is 0 Å². The first-order valence-electron chi connectivity index (χ1n) is 9.03. The van der Waals surface area contributed by atoms with E-state index in [0.29, 0.717) is 6.54 Å². The molecule has 24 heavy (non-hydrogen) atoms. The number of aliphatic hydroxyl groups is 1. The van der Waals surface area contributed by atoms with E-state index in [1.807, 2.05) is 23.2 Å². The third-order valence-corrected chi connectivity index (χ3v) is 5.09. The normalized spacial score (nSPS) is 23.2. The number of carbonyl (C=O) groups excluding carboxylic acids is 1. The van der Waals surface area contributed by atoms with Crippen LogP contribution in [-0.2, 0) is 6.54 Å². The van der Waals surface area contributed by atoms with Crippen molar-refractivity contribution in [3.05, 3.63) is 30.1 Å². The molecule has 2 aliphatic heterocycles. The number of nitrogens with one attached hydrogen (secondary N) is 1. The molecule has 3 heterocycles. The van der Waals surface area contributed by atoms with Gasteiger partial charge in [-0.05, 0) is 43.7 Å². The molecule has 0 aliphatic carbocycles. The second kappa shape index (κ2) is 8.44. The van der Waals surface area contributed by atoms with Crippen LogP contribution in [0.15, 0.2) is 24.4 Å². The van der Waals surface area contributed by atoms with Crippen molar-refractivity contribution in [2.24, 2.45) is 5.92 Å². The lowest BCUT2D eigenvalue weighted by molar-refractivity contribution is 0.123. The molecule has 0 radical (unpaired) electrons. The van der Waals surface area contributed by atoms with Crippen molar-refractivity contribution >= 4 is 6.03 Å². The Balaban J connectivity index is 1.41. The number of likely N-dealkylation sites (tertiary alicyclic amines) is 2. The molecule has 2 amide bonds. The van der Waals surface area contributed by atoms with Gasteiger partial charge >= 0.3 is 6.03 Å². The third kappa shape index (κ3) is 4.68. The Kier molecular flexibility index (Phi) is 6.04. The summed E-state index contributed by atoms with van der Waals surface area (Å²) in [6.07, 6.45) is 5.81. The van der Waals surface area contributed by atoms with Crippen molar-refractivity contribution in [2.45, 2.75) is 38.3 Å². The van der Waals surface area contributed by atoms with Crippen LogP contribution in [0.3, 0.4) is 0 Å². The average Bonchev–Trinajstić information content (AvgIpc) is 2.64. The summed E-state index contributed by atoms with van der Waals surface area (Å²) in [6.45, 7) is 4.52. The van der Waals surface area contributed by atoms with E-state index in [9.17, 15) is 9.90 Å². The summed E-state index contributed by atoms with van der Waals surface area (Å²) < 4.78 is 0. The van der Waals surface area contributed by atoms with Crippen molar-refractivity contribution in [1.82, 2.24) is 20.1 Å². The van der Waals surface area contributed by atoms with Gasteiger partial charge in [-0.3, -0.25) is 9.88 Å². The van der Waals surface area contributed by atoms with Crippen LogP contribution in [-0.4, -0.2) is 64.7 Å². The number of aliphatic hydroxyl groups excluding tert-OH is 1. The van der Waals surface area contributed by atoms with Gasteiger partial charge in [0.2, 0.25) is 0 Å². The van der Waals surface area contributed by atoms with Crippen LogP contribution in [0, 0.1) is 5.92 Å². The van der Waals surface area contributed by atoms with E-state index in [0.717, 1.165) is 57.6 Å². The maximum Gasteiger partial charge on any atom is 0.317 e. The largest absolute Gasteiger partial charge is 0.396 e. The van der Waals surface area contributed by atoms with Gasteiger partial charge in [-0.25, -0.2) is 4.79 Å². The predicted octanol–water partition coefficient (Wildman–Crippen LogP) is 1.46. The highest BCUT2D eigenvalue weighted by molar-refractivity contribution is 5.74. The highest BCUT2D eigenvalue weighted by Crippen LogP contribution is 2.17. The predicted molar refractivity (Wildman–Crippen MR) is 92.5 cm³/mol. The van der Waals surface area contributed by atoms with Crippen LogP contribution >= 0.6 is 0 Å². The number of hydrogen-bond acceptors (Lipinski definition) is 4. The molecule has 6 nitrogen and oxygen atoms in total. The van der Waals surface area contributed by atoms with Gasteiger partial charge in [0.15, 0.2) is 0 Å². The monoisotopic (exact) mass is 332 g/mol. The highest BCUT2D eigenvalue weighted by Gasteiger charge is 2.26. The lowest BCUT2D eigenvalue weighted by Gasteiger charge is -2.36. The van der Waals surface area contributed by atoms with E-state index in [-0.39, 0.29) is 24.6 Å². The maximum absolute atomic E-state index is 12.4. The number of pyridine rings is 1. The first kappa shape index (κ1) is 17.2. The molecule has 132 valence electrons. The summed E-state index contributed by atoms with van der Waals surface area (Å²) in [5.41, 5.74) is 1.10. The van der Waals surface area contributed by atoms with Gasteiger partial charge in [-0.15, -0.1) is 0 Å².